The van der Waals surface area contributed by atoms with E-state index in [4.69, 9.17) is 0 Å². The molecular weight excluding hydrogens is 160 g/mol. The zero-order valence-corrected chi connectivity index (χ0v) is 8.09. The summed E-state index contributed by atoms with van der Waals surface area (Å²) in [6.45, 7) is 2.91. The molecule has 68 valence electrons. The molecule has 1 rings (SSSR count). The van der Waals surface area contributed by atoms with E-state index in [0.29, 0.717) is 0 Å². The van der Waals surface area contributed by atoms with Crippen molar-refractivity contribution in [3.63, 3.8) is 0 Å². The Morgan fingerprint density at radius 2 is 2.38 bits per heavy atom. The Balaban J connectivity index is 2.61. The highest BCUT2D eigenvalue weighted by Gasteiger charge is 1.90. The van der Waals surface area contributed by atoms with Crippen LogP contribution in [0.5, 0.6) is 0 Å². The summed E-state index contributed by atoms with van der Waals surface area (Å²) in [5.74, 6) is 6.19. The molecule has 2 nitrogen and oxygen atoms in total. The van der Waals surface area contributed by atoms with E-state index in [-0.39, 0.29) is 0 Å². The Bertz CT molecular complexity index is 320. The summed E-state index contributed by atoms with van der Waals surface area (Å²) in [5.41, 5.74) is 2.03. The lowest BCUT2D eigenvalue weighted by Crippen LogP contribution is -2.05. The van der Waals surface area contributed by atoms with Crippen LogP contribution in [0.2, 0.25) is 0 Å². The van der Waals surface area contributed by atoms with E-state index in [1.165, 1.54) is 0 Å². The van der Waals surface area contributed by atoms with Crippen molar-refractivity contribution in [3.8, 4) is 11.8 Å². The quantitative estimate of drug-likeness (QED) is 0.541. The maximum Gasteiger partial charge on any atom is 0.0528 e. The molecule has 0 spiro atoms. The first-order valence-corrected chi connectivity index (χ1v) is 4.39. The molecule has 13 heavy (non-hydrogen) atoms. The zero-order valence-electron chi connectivity index (χ0n) is 8.09. The normalized spacial score (nSPS) is 9.08. The first kappa shape index (κ1) is 9.76. The van der Waals surface area contributed by atoms with Gasteiger partial charge in [0.05, 0.1) is 5.69 Å². The third-order valence-corrected chi connectivity index (χ3v) is 1.73. The number of nitrogens with zero attached hydrogens (tertiary/aromatic N) is 1. The maximum atomic E-state index is 4.16. The third kappa shape index (κ3) is 3.27. The van der Waals surface area contributed by atoms with Crippen LogP contribution >= 0.6 is 0 Å². The van der Waals surface area contributed by atoms with Gasteiger partial charge in [0.25, 0.3) is 0 Å². The van der Waals surface area contributed by atoms with E-state index < -0.39 is 0 Å². The summed E-state index contributed by atoms with van der Waals surface area (Å²) in [7, 11) is 1.93. The lowest BCUT2D eigenvalue weighted by Gasteiger charge is -1.93. The summed E-state index contributed by atoms with van der Waals surface area (Å²) in [4.78, 5) is 4.16. The molecule has 0 radical (unpaired) electrons. The van der Waals surface area contributed by atoms with Crippen molar-refractivity contribution >= 4 is 0 Å². The molecule has 1 aromatic heterocycles. The number of nitrogens with one attached hydrogen (secondary N) is 1. The molecule has 2 heteroatoms. The Morgan fingerprint density at radius 3 is 3.08 bits per heavy atom. The van der Waals surface area contributed by atoms with Gasteiger partial charge in [-0.1, -0.05) is 11.8 Å². The third-order valence-electron chi connectivity index (χ3n) is 1.73. The molecule has 0 bridgehead atoms. The van der Waals surface area contributed by atoms with E-state index in [9.17, 15) is 0 Å². The van der Waals surface area contributed by atoms with Crippen molar-refractivity contribution in [2.75, 3.05) is 13.6 Å². The molecule has 0 saturated heterocycles. The minimum Gasteiger partial charge on any atom is -0.319 e. The minimum atomic E-state index is 0.880. The fraction of sp³-hybridized carbons (Fsp3) is 0.364. The van der Waals surface area contributed by atoms with Crippen LogP contribution in [-0.2, 0) is 0 Å². The maximum absolute atomic E-state index is 4.16. The predicted octanol–water partition coefficient (Wildman–Crippen LogP) is 1.35. The smallest absolute Gasteiger partial charge is 0.0528 e. The number of hydrogen-bond donors (Lipinski definition) is 1. The number of rotatable bonds is 2. The van der Waals surface area contributed by atoms with Crippen LogP contribution in [0.3, 0.4) is 0 Å². The van der Waals surface area contributed by atoms with E-state index in [0.717, 1.165) is 24.2 Å². The van der Waals surface area contributed by atoms with Gasteiger partial charge in [-0.25, -0.2) is 0 Å². The second kappa shape index (κ2) is 5.34. The van der Waals surface area contributed by atoms with Crippen molar-refractivity contribution < 1.29 is 0 Å². The number of aryl methyl sites for hydroxylation is 1. The second-order valence-electron chi connectivity index (χ2n) is 2.79. The van der Waals surface area contributed by atoms with Gasteiger partial charge >= 0.3 is 0 Å². The molecule has 1 aromatic rings. The lowest BCUT2D eigenvalue weighted by atomic mass is 10.2. The molecule has 0 aliphatic carbocycles. The number of pyridine rings is 1. The van der Waals surface area contributed by atoms with Crippen molar-refractivity contribution in [2.24, 2.45) is 0 Å². The fourth-order valence-corrected chi connectivity index (χ4v) is 0.962. The highest BCUT2D eigenvalue weighted by molar-refractivity contribution is 5.36. The van der Waals surface area contributed by atoms with Gasteiger partial charge in [-0.15, -0.1) is 0 Å². The van der Waals surface area contributed by atoms with E-state index in [1.54, 1.807) is 6.20 Å². The Morgan fingerprint density at radius 1 is 1.54 bits per heavy atom. The summed E-state index contributed by atoms with van der Waals surface area (Å²) in [6.07, 6.45) is 2.67. The van der Waals surface area contributed by atoms with Crippen molar-refractivity contribution in [2.45, 2.75) is 13.3 Å². The Hall–Kier alpha value is -1.33. The lowest BCUT2D eigenvalue weighted by molar-refractivity contribution is 0.818. The van der Waals surface area contributed by atoms with Crippen LogP contribution in [0, 0.1) is 18.8 Å². The van der Waals surface area contributed by atoms with Gasteiger partial charge in [0.15, 0.2) is 0 Å². The van der Waals surface area contributed by atoms with Crippen LogP contribution < -0.4 is 5.32 Å². The standard InChI is InChI=1S/C11H14N2/c1-10-11(7-5-9-13-10)6-3-4-8-12-2/h5,7,9,12H,4,8H2,1-2H3. The van der Waals surface area contributed by atoms with Crippen LogP contribution in [0.1, 0.15) is 17.7 Å². The molecular formula is C11H14N2. The summed E-state index contributed by atoms with van der Waals surface area (Å²) >= 11 is 0. The first-order chi connectivity index (χ1) is 6.34. The Labute approximate surface area is 79.4 Å². The molecule has 0 aliphatic heterocycles. The summed E-state index contributed by atoms with van der Waals surface area (Å²) < 4.78 is 0. The van der Waals surface area contributed by atoms with Crippen LogP contribution in [0.25, 0.3) is 0 Å². The molecule has 0 saturated carbocycles. The molecule has 1 N–H and O–H groups in total. The second-order valence-corrected chi connectivity index (χ2v) is 2.79. The Kier molecular flexibility index (Phi) is 4.01. The van der Waals surface area contributed by atoms with Gasteiger partial charge in [-0.2, -0.15) is 0 Å². The zero-order chi connectivity index (χ0) is 9.52. The summed E-state index contributed by atoms with van der Waals surface area (Å²) in [5, 5.41) is 3.05. The van der Waals surface area contributed by atoms with Crippen molar-refractivity contribution in [1.82, 2.24) is 10.3 Å². The van der Waals surface area contributed by atoms with E-state index in [2.05, 4.69) is 22.1 Å². The molecule has 0 aromatic carbocycles. The highest BCUT2D eigenvalue weighted by Crippen LogP contribution is 2.00. The number of aromatic nitrogens is 1. The van der Waals surface area contributed by atoms with Gasteiger partial charge in [0.1, 0.15) is 0 Å². The predicted molar refractivity (Wildman–Crippen MR) is 54.4 cm³/mol. The highest BCUT2D eigenvalue weighted by atomic mass is 14.8. The largest absolute Gasteiger partial charge is 0.319 e. The van der Waals surface area contributed by atoms with E-state index in [1.807, 2.05) is 26.1 Å². The first-order valence-electron chi connectivity index (χ1n) is 4.39. The molecule has 0 fully saturated rings. The monoisotopic (exact) mass is 174 g/mol. The average Bonchev–Trinajstić information content (AvgIpc) is 2.15. The van der Waals surface area contributed by atoms with Crippen LogP contribution in [0.4, 0.5) is 0 Å². The molecule has 0 unspecified atom stereocenters. The van der Waals surface area contributed by atoms with Gasteiger partial charge in [-0.05, 0) is 26.1 Å². The van der Waals surface area contributed by atoms with Crippen LogP contribution in [-0.4, -0.2) is 18.6 Å². The summed E-state index contributed by atoms with van der Waals surface area (Å²) in [6, 6.07) is 3.91. The van der Waals surface area contributed by atoms with Gasteiger partial charge in [0.2, 0.25) is 0 Å². The fourth-order valence-electron chi connectivity index (χ4n) is 0.962. The van der Waals surface area contributed by atoms with Gasteiger partial charge < -0.3 is 5.32 Å². The van der Waals surface area contributed by atoms with Gasteiger partial charge in [0, 0.05) is 24.7 Å². The molecule has 0 aliphatic rings. The SMILES string of the molecule is CNCCC#Cc1cccnc1C. The van der Waals surface area contributed by atoms with Crippen LogP contribution in [0.15, 0.2) is 18.3 Å². The molecule has 1 heterocycles. The number of hydrogen-bond acceptors (Lipinski definition) is 2. The molecule has 0 atom stereocenters. The van der Waals surface area contributed by atoms with Gasteiger partial charge in [-0.3, -0.25) is 4.98 Å². The average molecular weight is 174 g/mol. The van der Waals surface area contributed by atoms with Crippen molar-refractivity contribution in [1.29, 1.82) is 0 Å². The molecule has 0 amide bonds. The topological polar surface area (TPSA) is 24.9 Å². The minimum absolute atomic E-state index is 0.880. The van der Waals surface area contributed by atoms with Crippen molar-refractivity contribution in [3.05, 3.63) is 29.6 Å². The van der Waals surface area contributed by atoms with E-state index >= 15 is 0 Å².